The zero-order valence-electron chi connectivity index (χ0n) is 9.37. The number of nitrogens with zero attached hydrogens (tertiary/aromatic N) is 5. The van der Waals surface area contributed by atoms with Gasteiger partial charge >= 0.3 is 0 Å². The smallest absolute Gasteiger partial charge is 0.244 e. The van der Waals surface area contributed by atoms with Gasteiger partial charge in [-0.2, -0.15) is 0 Å². The largest absolute Gasteiger partial charge is 0.386 e. The van der Waals surface area contributed by atoms with E-state index in [4.69, 9.17) is 0 Å². The average Bonchev–Trinajstić information content (AvgIpc) is 2.64. The van der Waals surface area contributed by atoms with Crippen LogP contribution in [0.5, 0.6) is 0 Å². The Labute approximate surface area is 93.0 Å². The Morgan fingerprint density at radius 1 is 1.56 bits per heavy atom. The molecule has 1 aromatic rings. The number of carbonyl (C=O) groups is 1. The molecule has 1 aliphatic heterocycles. The van der Waals surface area contributed by atoms with Crippen molar-refractivity contribution in [2.75, 3.05) is 13.1 Å². The van der Waals surface area contributed by atoms with Crippen molar-refractivity contribution in [2.45, 2.75) is 26.0 Å². The van der Waals surface area contributed by atoms with Crippen molar-refractivity contribution in [3.63, 3.8) is 0 Å². The van der Waals surface area contributed by atoms with Crippen LogP contribution in [0.25, 0.3) is 0 Å². The summed E-state index contributed by atoms with van der Waals surface area (Å²) in [5, 5.41) is 20.5. The van der Waals surface area contributed by atoms with E-state index in [2.05, 4.69) is 15.5 Å². The second kappa shape index (κ2) is 3.82. The van der Waals surface area contributed by atoms with Gasteiger partial charge in [0.2, 0.25) is 5.91 Å². The van der Waals surface area contributed by atoms with Gasteiger partial charge in [0.1, 0.15) is 18.5 Å². The predicted octanol–water partition coefficient (Wildman–Crippen LogP) is -1.10. The minimum atomic E-state index is -0.726. The second-order valence-corrected chi connectivity index (χ2v) is 4.52. The molecule has 0 aromatic carbocycles. The van der Waals surface area contributed by atoms with E-state index >= 15 is 0 Å². The molecule has 1 fully saturated rings. The van der Waals surface area contributed by atoms with Gasteiger partial charge < -0.3 is 10.0 Å². The molecule has 7 nitrogen and oxygen atoms in total. The summed E-state index contributed by atoms with van der Waals surface area (Å²) in [7, 11) is 0. The number of carbonyl (C=O) groups excluding carboxylic acids is 1. The minimum Gasteiger partial charge on any atom is -0.386 e. The van der Waals surface area contributed by atoms with Gasteiger partial charge in [0, 0.05) is 0 Å². The molecule has 2 rings (SSSR count). The maximum absolute atomic E-state index is 11.7. The third-order valence-corrected chi connectivity index (χ3v) is 3.05. The van der Waals surface area contributed by atoms with Crippen molar-refractivity contribution in [1.29, 1.82) is 0 Å². The van der Waals surface area contributed by atoms with E-state index < -0.39 is 5.60 Å². The maximum Gasteiger partial charge on any atom is 0.244 e. The molecule has 1 aliphatic rings. The van der Waals surface area contributed by atoms with Gasteiger partial charge in [0.25, 0.3) is 0 Å². The molecule has 1 saturated heterocycles. The Kier molecular flexibility index (Phi) is 2.63. The van der Waals surface area contributed by atoms with Crippen LogP contribution in [0.3, 0.4) is 0 Å². The van der Waals surface area contributed by atoms with Gasteiger partial charge in [0.15, 0.2) is 0 Å². The van der Waals surface area contributed by atoms with Crippen molar-refractivity contribution in [1.82, 2.24) is 25.1 Å². The highest BCUT2D eigenvalue weighted by Crippen LogP contribution is 2.28. The van der Waals surface area contributed by atoms with Crippen LogP contribution in [-0.2, 0) is 11.3 Å². The topological polar surface area (TPSA) is 84.1 Å². The molecule has 0 radical (unpaired) electrons. The number of tetrazole rings is 1. The van der Waals surface area contributed by atoms with Crippen molar-refractivity contribution >= 4 is 5.91 Å². The molecule has 1 N–H and O–H groups in total. The molecule has 0 saturated carbocycles. The van der Waals surface area contributed by atoms with Crippen LogP contribution >= 0.6 is 0 Å². The summed E-state index contributed by atoms with van der Waals surface area (Å²) >= 11 is 0. The van der Waals surface area contributed by atoms with Crippen LogP contribution < -0.4 is 0 Å². The van der Waals surface area contributed by atoms with Gasteiger partial charge in [-0.05, 0) is 16.3 Å². The lowest BCUT2D eigenvalue weighted by molar-refractivity contribution is -0.164. The third kappa shape index (κ3) is 1.90. The van der Waals surface area contributed by atoms with E-state index in [9.17, 15) is 9.90 Å². The molecule has 0 spiro atoms. The number of hydrogen-bond acceptors (Lipinski definition) is 5. The first-order valence-electron chi connectivity index (χ1n) is 5.22. The fraction of sp³-hybridized carbons (Fsp3) is 0.778. The number of likely N-dealkylation sites (tertiary alicyclic amines) is 1. The molecule has 1 amide bonds. The molecule has 2 heterocycles. The summed E-state index contributed by atoms with van der Waals surface area (Å²) in [6, 6.07) is 0. The highest BCUT2D eigenvalue weighted by Gasteiger charge is 2.45. The van der Waals surface area contributed by atoms with E-state index in [1.807, 2.05) is 13.8 Å². The van der Waals surface area contributed by atoms with Crippen LogP contribution in [0.4, 0.5) is 0 Å². The highest BCUT2D eigenvalue weighted by atomic mass is 16.3. The van der Waals surface area contributed by atoms with Crippen LogP contribution in [-0.4, -0.2) is 54.8 Å². The monoisotopic (exact) mass is 225 g/mol. The molecule has 0 atom stereocenters. The SMILES string of the molecule is CC(C)C1(O)CN(C(=O)Cn2cnnn2)C1. The van der Waals surface area contributed by atoms with Crippen molar-refractivity contribution in [3.05, 3.63) is 6.33 Å². The fourth-order valence-electron chi connectivity index (χ4n) is 1.65. The number of amides is 1. The molecular formula is C9H15N5O2. The van der Waals surface area contributed by atoms with Crippen molar-refractivity contribution in [2.24, 2.45) is 5.92 Å². The molecule has 7 heteroatoms. The first kappa shape index (κ1) is 11.0. The number of β-amino-alcohol motifs (C(OH)–C–C–N with tert-alkyl or cyclic N) is 1. The molecule has 88 valence electrons. The van der Waals surface area contributed by atoms with Gasteiger partial charge in [-0.25, -0.2) is 4.68 Å². The maximum atomic E-state index is 11.7. The minimum absolute atomic E-state index is 0.0716. The average molecular weight is 225 g/mol. The second-order valence-electron chi connectivity index (χ2n) is 4.52. The van der Waals surface area contributed by atoms with Crippen LogP contribution in [0.1, 0.15) is 13.8 Å². The Bertz CT molecular complexity index is 369. The van der Waals surface area contributed by atoms with Crippen molar-refractivity contribution < 1.29 is 9.90 Å². The Hall–Kier alpha value is -1.50. The quantitative estimate of drug-likeness (QED) is 0.706. The van der Waals surface area contributed by atoms with Crippen LogP contribution in [0.15, 0.2) is 6.33 Å². The van der Waals surface area contributed by atoms with E-state index in [1.54, 1.807) is 4.90 Å². The fourth-order valence-corrected chi connectivity index (χ4v) is 1.65. The van der Waals surface area contributed by atoms with Gasteiger partial charge in [-0.15, -0.1) is 5.10 Å². The lowest BCUT2D eigenvalue weighted by Gasteiger charge is -2.48. The van der Waals surface area contributed by atoms with Crippen LogP contribution in [0.2, 0.25) is 0 Å². The Balaban J connectivity index is 1.86. The molecule has 0 unspecified atom stereocenters. The Morgan fingerprint density at radius 3 is 2.75 bits per heavy atom. The summed E-state index contributed by atoms with van der Waals surface area (Å²) in [5.74, 6) is 0.0854. The molecular weight excluding hydrogens is 210 g/mol. The summed E-state index contributed by atoms with van der Waals surface area (Å²) < 4.78 is 1.37. The van der Waals surface area contributed by atoms with Gasteiger partial charge in [-0.3, -0.25) is 4.79 Å². The zero-order chi connectivity index (χ0) is 11.8. The molecule has 0 aliphatic carbocycles. The highest BCUT2D eigenvalue weighted by molar-refractivity contribution is 5.77. The van der Waals surface area contributed by atoms with Crippen molar-refractivity contribution in [3.8, 4) is 0 Å². The predicted molar refractivity (Wildman–Crippen MR) is 54.2 cm³/mol. The zero-order valence-corrected chi connectivity index (χ0v) is 9.37. The van der Waals surface area contributed by atoms with Gasteiger partial charge in [0.05, 0.1) is 13.1 Å². The van der Waals surface area contributed by atoms with Crippen LogP contribution in [0, 0.1) is 5.92 Å². The van der Waals surface area contributed by atoms with Gasteiger partial charge in [-0.1, -0.05) is 13.8 Å². The number of hydrogen-bond donors (Lipinski definition) is 1. The third-order valence-electron chi connectivity index (χ3n) is 3.05. The lowest BCUT2D eigenvalue weighted by Crippen LogP contribution is -2.66. The van der Waals surface area contributed by atoms with E-state index in [-0.39, 0.29) is 18.4 Å². The molecule has 0 bridgehead atoms. The number of aliphatic hydroxyl groups is 1. The summed E-state index contributed by atoms with van der Waals surface area (Å²) in [5.41, 5.74) is -0.726. The normalized spacial score (nSPS) is 18.6. The van der Waals surface area contributed by atoms with E-state index in [0.29, 0.717) is 13.1 Å². The summed E-state index contributed by atoms with van der Waals surface area (Å²) in [6.07, 6.45) is 1.40. The number of aromatic nitrogens is 4. The first-order valence-corrected chi connectivity index (χ1v) is 5.22. The number of rotatable bonds is 3. The first-order chi connectivity index (χ1) is 7.51. The standard InChI is InChI=1S/C9H15N5O2/c1-7(2)9(16)4-13(5-9)8(15)3-14-6-10-11-12-14/h6-7,16H,3-5H2,1-2H3. The summed E-state index contributed by atoms with van der Waals surface area (Å²) in [6.45, 7) is 4.81. The van der Waals surface area contributed by atoms with E-state index in [0.717, 1.165) is 0 Å². The van der Waals surface area contributed by atoms with E-state index in [1.165, 1.54) is 11.0 Å². The summed E-state index contributed by atoms with van der Waals surface area (Å²) in [4.78, 5) is 13.3. The Morgan fingerprint density at radius 2 is 2.25 bits per heavy atom. The lowest BCUT2D eigenvalue weighted by atomic mass is 9.83. The molecule has 16 heavy (non-hydrogen) atoms. The molecule has 1 aromatic heterocycles.